The van der Waals surface area contributed by atoms with Crippen molar-refractivity contribution in [3.63, 3.8) is 0 Å². The number of ether oxygens (including phenoxy) is 2. The normalized spacial score (nSPS) is 18.6. The van der Waals surface area contributed by atoms with Crippen LogP contribution in [0.5, 0.6) is 11.5 Å². The highest BCUT2D eigenvalue weighted by Gasteiger charge is 2.30. The first-order valence-corrected chi connectivity index (χ1v) is 10.6. The molecule has 6 nitrogen and oxygen atoms in total. The van der Waals surface area contributed by atoms with Gasteiger partial charge in [0, 0.05) is 11.3 Å². The molecule has 0 saturated carbocycles. The summed E-state index contributed by atoms with van der Waals surface area (Å²) in [5, 5.41) is 5.54. The summed E-state index contributed by atoms with van der Waals surface area (Å²) in [6.45, 7) is 5.17. The highest BCUT2D eigenvalue weighted by Crippen LogP contribution is 2.37. The lowest BCUT2D eigenvalue weighted by atomic mass is 9.95. The average molecular weight is 413 g/mol. The van der Waals surface area contributed by atoms with Crippen LogP contribution in [0.1, 0.15) is 31.9 Å². The minimum Gasteiger partial charge on any atom is -0.486 e. The second-order valence-electron chi connectivity index (χ2n) is 7.49. The molecule has 2 aromatic carbocycles. The molecule has 2 atom stereocenters. The van der Waals surface area contributed by atoms with E-state index in [0.29, 0.717) is 19.0 Å². The molecule has 0 saturated heterocycles. The minimum absolute atomic E-state index is 0.124. The Morgan fingerprint density at radius 2 is 1.93 bits per heavy atom. The molecule has 0 radical (unpaired) electrons. The van der Waals surface area contributed by atoms with Crippen LogP contribution in [0.15, 0.2) is 47.4 Å². The molecule has 0 aromatic heterocycles. The molecular weight excluding hydrogens is 388 g/mol. The lowest BCUT2D eigenvalue weighted by Gasteiger charge is -2.27. The number of thioether (sulfide) groups is 1. The van der Waals surface area contributed by atoms with Gasteiger partial charge < -0.3 is 20.1 Å². The van der Waals surface area contributed by atoms with Crippen molar-refractivity contribution in [1.82, 2.24) is 5.32 Å². The highest BCUT2D eigenvalue weighted by molar-refractivity contribution is 8.01. The maximum atomic E-state index is 12.8. The summed E-state index contributed by atoms with van der Waals surface area (Å²) in [6.07, 6.45) is 0.124. The predicted octanol–water partition coefficient (Wildman–Crippen LogP) is 3.77. The zero-order valence-corrected chi connectivity index (χ0v) is 17.3. The number of nitrogens with one attached hydrogen (secondary N) is 2. The number of para-hydroxylation sites is 1. The van der Waals surface area contributed by atoms with Crippen LogP contribution in [0.25, 0.3) is 0 Å². The summed E-state index contributed by atoms with van der Waals surface area (Å²) < 4.78 is 11.3. The Morgan fingerprint density at radius 3 is 2.72 bits per heavy atom. The topological polar surface area (TPSA) is 76.7 Å². The van der Waals surface area contributed by atoms with Gasteiger partial charge in [-0.25, -0.2) is 0 Å². The Bertz CT molecular complexity index is 931. The molecule has 0 spiro atoms. The first-order chi connectivity index (χ1) is 14.0. The lowest BCUT2D eigenvalue weighted by molar-refractivity contribution is -0.124. The van der Waals surface area contributed by atoms with Crippen molar-refractivity contribution >= 4 is 29.3 Å². The molecule has 0 aliphatic carbocycles. The summed E-state index contributed by atoms with van der Waals surface area (Å²) in [5.41, 5.74) is 1.76. The maximum Gasteiger partial charge on any atom is 0.238 e. The van der Waals surface area contributed by atoms with E-state index in [1.807, 2.05) is 42.5 Å². The molecule has 4 rings (SSSR count). The van der Waals surface area contributed by atoms with Crippen molar-refractivity contribution in [2.75, 3.05) is 18.5 Å². The van der Waals surface area contributed by atoms with E-state index < -0.39 is 5.25 Å². The minimum atomic E-state index is -0.446. The Morgan fingerprint density at radius 1 is 1.17 bits per heavy atom. The van der Waals surface area contributed by atoms with E-state index in [4.69, 9.17) is 9.47 Å². The van der Waals surface area contributed by atoms with E-state index in [0.717, 1.165) is 21.9 Å². The smallest absolute Gasteiger partial charge is 0.238 e. The van der Waals surface area contributed by atoms with Gasteiger partial charge >= 0.3 is 0 Å². The van der Waals surface area contributed by atoms with Crippen LogP contribution < -0.4 is 20.1 Å². The Balaban J connectivity index is 1.45. The van der Waals surface area contributed by atoms with Crippen molar-refractivity contribution in [1.29, 1.82) is 0 Å². The third-order valence-electron chi connectivity index (χ3n) is 4.99. The van der Waals surface area contributed by atoms with Crippen LogP contribution in [0, 0.1) is 5.92 Å². The number of fused-ring (bicyclic) bond motifs is 2. The van der Waals surface area contributed by atoms with Crippen LogP contribution in [0.2, 0.25) is 0 Å². The Labute approximate surface area is 174 Å². The number of anilines is 1. The molecule has 0 fully saturated rings. The van der Waals surface area contributed by atoms with Gasteiger partial charge in [0.25, 0.3) is 0 Å². The Kier molecular flexibility index (Phi) is 5.67. The van der Waals surface area contributed by atoms with Crippen molar-refractivity contribution in [2.24, 2.45) is 5.92 Å². The van der Waals surface area contributed by atoms with Gasteiger partial charge in [0.1, 0.15) is 13.2 Å². The SMILES string of the molecule is CC(C)[C@H](NC(=O)C[C@@H]1Sc2ccccc2NC1=O)c1ccc2c(c1)OCCO2. The van der Waals surface area contributed by atoms with Gasteiger partial charge in [-0.05, 0) is 35.7 Å². The second kappa shape index (κ2) is 8.37. The number of hydrogen-bond donors (Lipinski definition) is 2. The van der Waals surface area contributed by atoms with Crippen molar-refractivity contribution < 1.29 is 19.1 Å². The highest BCUT2D eigenvalue weighted by atomic mass is 32.2. The van der Waals surface area contributed by atoms with Gasteiger partial charge in [0.2, 0.25) is 11.8 Å². The van der Waals surface area contributed by atoms with E-state index in [9.17, 15) is 9.59 Å². The van der Waals surface area contributed by atoms with Crippen LogP contribution in [0.4, 0.5) is 5.69 Å². The molecule has 2 aliphatic rings. The van der Waals surface area contributed by atoms with E-state index in [1.54, 1.807) is 0 Å². The predicted molar refractivity (Wildman–Crippen MR) is 112 cm³/mol. The molecular formula is C22H24N2O4S. The number of amides is 2. The fourth-order valence-corrected chi connectivity index (χ4v) is 4.63. The van der Waals surface area contributed by atoms with Crippen molar-refractivity contribution in [2.45, 2.75) is 36.5 Å². The summed E-state index contributed by atoms with van der Waals surface area (Å²) >= 11 is 1.43. The molecule has 0 bridgehead atoms. The van der Waals surface area contributed by atoms with Crippen LogP contribution in [0.3, 0.4) is 0 Å². The Hall–Kier alpha value is -2.67. The fourth-order valence-electron chi connectivity index (χ4n) is 3.52. The van der Waals surface area contributed by atoms with Gasteiger partial charge in [-0.15, -0.1) is 11.8 Å². The van der Waals surface area contributed by atoms with Crippen LogP contribution >= 0.6 is 11.8 Å². The van der Waals surface area contributed by atoms with E-state index in [2.05, 4.69) is 24.5 Å². The molecule has 0 unspecified atom stereocenters. The third kappa shape index (κ3) is 4.34. The average Bonchev–Trinajstić information content (AvgIpc) is 2.72. The van der Waals surface area contributed by atoms with Crippen LogP contribution in [-0.4, -0.2) is 30.3 Å². The lowest BCUT2D eigenvalue weighted by Crippen LogP contribution is -2.37. The zero-order chi connectivity index (χ0) is 20.4. The molecule has 29 heavy (non-hydrogen) atoms. The van der Waals surface area contributed by atoms with Gasteiger partial charge in [0.05, 0.1) is 17.0 Å². The zero-order valence-electron chi connectivity index (χ0n) is 16.4. The maximum absolute atomic E-state index is 12.8. The molecule has 2 aromatic rings. The van der Waals surface area contributed by atoms with Crippen LogP contribution in [-0.2, 0) is 9.59 Å². The largest absolute Gasteiger partial charge is 0.486 e. The standard InChI is InChI=1S/C22H24N2O4S/c1-13(2)21(14-7-8-16-17(11-14)28-10-9-27-16)24-20(25)12-19-22(26)23-15-5-3-4-6-18(15)29-19/h3-8,11,13,19,21H,9-10,12H2,1-2H3,(H,23,26)(H,24,25)/t19-,21-/m0/s1. The van der Waals surface area contributed by atoms with Crippen molar-refractivity contribution in [3.05, 3.63) is 48.0 Å². The molecule has 2 amide bonds. The van der Waals surface area contributed by atoms with E-state index in [1.165, 1.54) is 11.8 Å². The van der Waals surface area contributed by atoms with Gasteiger partial charge in [-0.1, -0.05) is 32.0 Å². The van der Waals surface area contributed by atoms with Gasteiger partial charge in [-0.3, -0.25) is 9.59 Å². The summed E-state index contributed by atoms with van der Waals surface area (Å²) in [6, 6.07) is 13.2. The summed E-state index contributed by atoms with van der Waals surface area (Å²) in [5.74, 6) is 1.32. The van der Waals surface area contributed by atoms with Gasteiger partial charge in [0.15, 0.2) is 11.5 Å². The van der Waals surface area contributed by atoms with E-state index >= 15 is 0 Å². The van der Waals surface area contributed by atoms with Gasteiger partial charge in [-0.2, -0.15) is 0 Å². The molecule has 152 valence electrons. The van der Waals surface area contributed by atoms with Crippen molar-refractivity contribution in [3.8, 4) is 11.5 Å². The quantitative estimate of drug-likeness (QED) is 0.782. The van der Waals surface area contributed by atoms with E-state index in [-0.39, 0.29) is 30.2 Å². The number of benzene rings is 2. The molecule has 2 heterocycles. The number of carbonyl (C=O) groups excluding carboxylic acids is 2. The molecule has 2 aliphatic heterocycles. The number of rotatable bonds is 5. The molecule has 7 heteroatoms. The summed E-state index contributed by atoms with van der Waals surface area (Å²) in [4.78, 5) is 26.2. The molecule has 2 N–H and O–H groups in total. The first kappa shape index (κ1) is 19.6. The number of carbonyl (C=O) groups is 2. The summed E-state index contributed by atoms with van der Waals surface area (Å²) in [7, 11) is 0. The first-order valence-electron chi connectivity index (χ1n) is 9.76. The monoisotopic (exact) mass is 412 g/mol. The number of hydrogen-bond acceptors (Lipinski definition) is 5. The second-order valence-corrected chi connectivity index (χ2v) is 8.73. The fraction of sp³-hybridized carbons (Fsp3) is 0.364. The third-order valence-corrected chi connectivity index (χ3v) is 6.26.